The third-order valence-electron chi connectivity index (χ3n) is 5.82. The van der Waals surface area contributed by atoms with E-state index in [-0.39, 0.29) is 17.7 Å². The number of ether oxygens (including phenoxy) is 1. The van der Waals surface area contributed by atoms with E-state index in [9.17, 15) is 14.4 Å². The van der Waals surface area contributed by atoms with Gasteiger partial charge in [-0.3, -0.25) is 14.4 Å². The van der Waals surface area contributed by atoms with Crippen molar-refractivity contribution in [2.24, 2.45) is 17.6 Å². The van der Waals surface area contributed by atoms with Crippen molar-refractivity contribution in [3.05, 3.63) is 59.7 Å². The van der Waals surface area contributed by atoms with E-state index < -0.39 is 5.91 Å². The molecule has 1 atom stereocenters. The molecule has 2 aliphatic rings. The van der Waals surface area contributed by atoms with Crippen LogP contribution in [0.3, 0.4) is 0 Å². The highest BCUT2D eigenvalue weighted by molar-refractivity contribution is 5.95. The molecule has 2 aromatic rings. The Morgan fingerprint density at radius 2 is 1.55 bits per heavy atom. The highest BCUT2D eigenvalue weighted by atomic mass is 16.5. The van der Waals surface area contributed by atoms with Gasteiger partial charge in [-0.15, -0.1) is 0 Å². The van der Waals surface area contributed by atoms with Crippen LogP contribution < -0.4 is 15.8 Å². The second-order valence-corrected chi connectivity index (χ2v) is 8.29. The van der Waals surface area contributed by atoms with E-state index in [4.69, 9.17) is 10.5 Å². The molecule has 0 spiro atoms. The molecular formula is C24H27N3O4. The van der Waals surface area contributed by atoms with E-state index in [0.29, 0.717) is 41.6 Å². The predicted molar refractivity (Wildman–Crippen MR) is 116 cm³/mol. The first-order chi connectivity index (χ1) is 15.0. The van der Waals surface area contributed by atoms with E-state index in [0.717, 1.165) is 19.4 Å². The first-order valence-corrected chi connectivity index (χ1v) is 10.7. The number of carbonyl (C=O) groups is 3. The number of nitrogens with zero attached hydrogens (tertiary/aromatic N) is 1. The van der Waals surface area contributed by atoms with Gasteiger partial charge in [-0.2, -0.15) is 0 Å². The van der Waals surface area contributed by atoms with Crippen molar-refractivity contribution in [3.8, 4) is 11.5 Å². The minimum Gasteiger partial charge on any atom is -0.457 e. The summed E-state index contributed by atoms with van der Waals surface area (Å²) in [6.45, 7) is 1.88. The lowest BCUT2D eigenvalue weighted by Gasteiger charge is -2.32. The van der Waals surface area contributed by atoms with Crippen LogP contribution in [0.2, 0.25) is 0 Å². The van der Waals surface area contributed by atoms with Gasteiger partial charge in [0.25, 0.3) is 5.91 Å². The number of hydrogen-bond donors (Lipinski definition) is 2. The number of likely N-dealkylation sites (tertiary alicyclic amines) is 1. The van der Waals surface area contributed by atoms with E-state index >= 15 is 0 Å². The summed E-state index contributed by atoms with van der Waals surface area (Å²) < 4.78 is 5.76. The molecule has 7 heteroatoms. The van der Waals surface area contributed by atoms with Crippen molar-refractivity contribution in [2.75, 3.05) is 19.6 Å². The zero-order chi connectivity index (χ0) is 21.8. The first-order valence-electron chi connectivity index (χ1n) is 10.7. The van der Waals surface area contributed by atoms with Crippen LogP contribution in [0, 0.1) is 11.8 Å². The summed E-state index contributed by atoms with van der Waals surface area (Å²) in [5, 5.41) is 3.03. The number of carbonyl (C=O) groups excluding carboxylic acids is 3. The first kappa shape index (κ1) is 20.9. The molecule has 0 aromatic heterocycles. The lowest BCUT2D eigenvalue weighted by Crippen LogP contribution is -2.45. The lowest BCUT2D eigenvalue weighted by atomic mass is 9.96. The molecule has 1 unspecified atom stereocenters. The van der Waals surface area contributed by atoms with Gasteiger partial charge in [0.05, 0.1) is 5.92 Å². The molecule has 1 aliphatic carbocycles. The molecule has 4 rings (SSSR count). The maximum atomic E-state index is 12.9. The average Bonchev–Trinajstić information content (AvgIpc) is 3.62. The zero-order valence-electron chi connectivity index (χ0n) is 17.4. The van der Waals surface area contributed by atoms with E-state index in [1.807, 2.05) is 0 Å². The van der Waals surface area contributed by atoms with E-state index in [2.05, 4.69) is 5.32 Å². The van der Waals surface area contributed by atoms with Gasteiger partial charge in [0.1, 0.15) is 11.5 Å². The van der Waals surface area contributed by atoms with Crippen LogP contribution in [0.25, 0.3) is 0 Å². The summed E-state index contributed by atoms with van der Waals surface area (Å²) in [5.41, 5.74) is 6.22. The van der Waals surface area contributed by atoms with Gasteiger partial charge in [-0.1, -0.05) is 0 Å². The topological polar surface area (TPSA) is 102 Å². The quantitative estimate of drug-likeness (QED) is 0.718. The standard InChI is InChI=1S/C24H27N3O4/c25-22(28)17-5-9-20(10-6-17)31-21-11-7-18(8-12-21)24(30)27-13-1-2-19(15-27)23(29)26-14-16-3-4-16/h5-12,16,19H,1-4,13-15H2,(H2,25,28)(H,26,29). The van der Waals surface area contributed by atoms with E-state index in [1.165, 1.54) is 12.8 Å². The highest BCUT2D eigenvalue weighted by Crippen LogP contribution is 2.28. The second kappa shape index (κ2) is 9.20. The molecule has 162 valence electrons. The maximum absolute atomic E-state index is 12.9. The summed E-state index contributed by atoms with van der Waals surface area (Å²) in [7, 11) is 0. The van der Waals surface area contributed by atoms with Crippen LogP contribution in [0.1, 0.15) is 46.4 Å². The van der Waals surface area contributed by atoms with Gasteiger partial charge in [-0.05, 0) is 80.1 Å². The van der Waals surface area contributed by atoms with Gasteiger partial charge in [0, 0.05) is 30.8 Å². The number of piperidine rings is 1. The van der Waals surface area contributed by atoms with Gasteiger partial charge in [0.2, 0.25) is 11.8 Å². The molecule has 2 aromatic carbocycles. The van der Waals surface area contributed by atoms with Crippen molar-refractivity contribution in [1.82, 2.24) is 10.2 Å². The van der Waals surface area contributed by atoms with Crippen molar-refractivity contribution in [2.45, 2.75) is 25.7 Å². The summed E-state index contributed by atoms with van der Waals surface area (Å²) in [6.07, 6.45) is 4.05. The molecule has 31 heavy (non-hydrogen) atoms. The molecule has 0 bridgehead atoms. The number of nitrogens with one attached hydrogen (secondary N) is 1. The summed E-state index contributed by atoms with van der Waals surface area (Å²) in [6, 6.07) is 13.5. The zero-order valence-corrected chi connectivity index (χ0v) is 17.4. The Hall–Kier alpha value is -3.35. The van der Waals surface area contributed by atoms with Crippen LogP contribution in [0.5, 0.6) is 11.5 Å². The Labute approximate surface area is 181 Å². The highest BCUT2D eigenvalue weighted by Gasteiger charge is 2.30. The van der Waals surface area contributed by atoms with Crippen LogP contribution in [0.4, 0.5) is 0 Å². The molecule has 1 aliphatic heterocycles. The fourth-order valence-electron chi connectivity index (χ4n) is 3.76. The smallest absolute Gasteiger partial charge is 0.253 e. The van der Waals surface area contributed by atoms with Crippen molar-refractivity contribution in [1.29, 1.82) is 0 Å². The van der Waals surface area contributed by atoms with Gasteiger partial charge >= 0.3 is 0 Å². The molecule has 3 N–H and O–H groups in total. The molecule has 1 saturated carbocycles. The van der Waals surface area contributed by atoms with Crippen LogP contribution >= 0.6 is 0 Å². The Balaban J connectivity index is 1.33. The van der Waals surface area contributed by atoms with E-state index in [1.54, 1.807) is 53.4 Å². The number of rotatable bonds is 7. The fourth-order valence-corrected chi connectivity index (χ4v) is 3.76. The normalized spacial score (nSPS) is 18.3. The van der Waals surface area contributed by atoms with Crippen LogP contribution in [-0.2, 0) is 4.79 Å². The molecule has 2 fully saturated rings. The van der Waals surface area contributed by atoms with Crippen LogP contribution in [-0.4, -0.2) is 42.3 Å². The predicted octanol–water partition coefficient (Wildman–Crippen LogP) is 2.96. The Morgan fingerprint density at radius 1 is 0.935 bits per heavy atom. The third-order valence-corrected chi connectivity index (χ3v) is 5.82. The number of benzene rings is 2. The average molecular weight is 421 g/mol. The Kier molecular flexibility index (Phi) is 6.21. The monoisotopic (exact) mass is 421 g/mol. The number of amides is 3. The van der Waals surface area contributed by atoms with Crippen LogP contribution in [0.15, 0.2) is 48.5 Å². The molecule has 7 nitrogen and oxygen atoms in total. The fraction of sp³-hybridized carbons (Fsp3) is 0.375. The SMILES string of the molecule is NC(=O)c1ccc(Oc2ccc(C(=O)N3CCCC(C(=O)NCC4CC4)C3)cc2)cc1. The summed E-state index contributed by atoms with van der Waals surface area (Å²) in [5.74, 6) is 1.16. The number of nitrogens with two attached hydrogens (primary N) is 1. The van der Waals surface area contributed by atoms with Crippen molar-refractivity contribution < 1.29 is 19.1 Å². The van der Waals surface area contributed by atoms with Gasteiger partial charge < -0.3 is 20.7 Å². The number of primary amides is 1. The van der Waals surface area contributed by atoms with Crippen molar-refractivity contribution >= 4 is 17.7 Å². The Bertz CT molecular complexity index is 952. The largest absolute Gasteiger partial charge is 0.457 e. The Morgan fingerprint density at radius 3 is 2.13 bits per heavy atom. The third kappa shape index (κ3) is 5.42. The summed E-state index contributed by atoms with van der Waals surface area (Å²) >= 11 is 0. The number of hydrogen-bond acceptors (Lipinski definition) is 4. The molecule has 1 heterocycles. The lowest BCUT2D eigenvalue weighted by molar-refractivity contribution is -0.126. The van der Waals surface area contributed by atoms with Crippen molar-refractivity contribution in [3.63, 3.8) is 0 Å². The summed E-state index contributed by atoms with van der Waals surface area (Å²) in [4.78, 5) is 38.3. The minimum atomic E-state index is -0.491. The molecular weight excluding hydrogens is 394 g/mol. The molecule has 0 radical (unpaired) electrons. The minimum absolute atomic E-state index is 0.0653. The van der Waals surface area contributed by atoms with Gasteiger partial charge in [0.15, 0.2) is 0 Å². The maximum Gasteiger partial charge on any atom is 0.253 e. The second-order valence-electron chi connectivity index (χ2n) is 8.29. The molecule has 3 amide bonds. The van der Waals surface area contributed by atoms with Gasteiger partial charge in [-0.25, -0.2) is 0 Å². The molecule has 1 saturated heterocycles.